The summed E-state index contributed by atoms with van der Waals surface area (Å²) in [5.41, 5.74) is 0.841. The minimum absolute atomic E-state index is 0.124. The van der Waals surface area contributed by atoms with Crippen LogP contribution in [-0.2, 0) is 7.05 Å². The van der Waals surface area contributed by atoms with Gasteiger partial charge in [0.1, 0.15) is 5.69 Å². The zero-order chi connectivity index (χ0) is 19.8. The van der Waals surface area contributed by atoms with Gasteiger partial charge in [0.05, 0.1) is 12.2 Å². The van der Waals surface area contributed by atoms with Crippen molar-refractivity contribution in [3.63, 3.8) is 0 Å². The summed E-state index contributed by atoms with van der Waals surface area (Å²) in [7, 11) is 1.54. The van der Waals surface area contributed by atoms with Crippen LogP contribution in [0.3, 0.4) is 0 Å². The maximum Gasteiger partial charge on any atom is 0.401 e. The Labute approximate surface area is 152 Å². The van der Waals surface area contributed by atoms with E-state index in [2.05, 4.69) is 5.10 Å². The predicted octanol–water partition coefficient (Wildman–Crippen LogP) is 2.69. The van der Waals surface area contributed by atoms with Gasteiger partial charge in [0.15, 0.2) is 11.6 Å². The van der Waals surface area contributed by atoms with E-state index in [1.165, 1.54) is 33.7 Å². The van der Waals surface area contributed by atoms with Crippen molar-refractivity contribution in [3.05, 3.63) is 41.6 Å². The van der Waals surface area contributed by atoms with Crippen LogP contribution in [0.1, 0.15) is 10.5 Å². The SMILES string of the molecule is Cn1nc(-c2ccc(F)c(F)c2)cc1C(=O)N1CCN(CC(F)(F)F)CC1. The normalized spacial score (nSPS) is 16.0. The van der Waals surface area contributed by atoms with Gasteiger partial charge in [-0.15, -0.1) is 0 Å². The number of carbonyl (C=O) groups is 1. The summed E-state index contributed by atoms with van der Waals surface area (Å²) in [6.07, 6.45) is -4.27. The molecule has 0 N–H and O–H groups in total. The zero-order valence-electron chi connectivity index (χ0n) is 14.4. The van der Waals surface area contributed by atoms with Gasteiger partial charge in [0, 0.05) is 38.8 Å². The number of piperazine rings is 1. The molecule has 3 rings (SSSR count). The quantitative estimate of drug-likeness (QED) is 0.760. The monoisotopic (exact) mass is 388 g/mol. The minimum atomic E-state index is -4.27. The summed E-state index contributed by atoms with van der Waals surface area (Å²) < 4.78 is 65.1. The van der Waals surface area contributed by atoms with Crippen molar-refractivity contribution in [1.82, 2.24) is 19.6 Å². The number of rotatable bonds is 3. The van der Waals surface area contributed by atoms with Gasteiger partial charge < -0.3 is 4.90 Å². The number of amides is 1. The van der Waals surface area contributed by atoms with E-state index in [9.17, 15) is 26.7 Å². The topological polar surface area (TPSA) is 41.4 Å². The van der Waals surface area contributed by atoms with Crippen molar-refractivity contribution < 1.29 is 26.7 Å². The minimum Gasteiger partial charge on any atom is -0.335 e. The molecule has 1 saturated heterocycles. The smallest absolute Gasteiger partial charge is 0.335 e. The second-order valence-corrected chi connectivity index (χ2v) is 6.35. The van der Waals surface area contributed by atoms with Gasteiger partial charge in [-0.25, -0.2) is 8.78 Å². The van der Waals surface area contributed by atoms with Crippen LogP contribution in [-0.4, -0.2) is 64.4 Å². The molecule has 1 aromatic heterocycles. The number of aromatic nitrogens is 2. The number of benzene rings is 1. The Balaban J connectivity index is 1.71. The molecule has 1 amide bonds. The molecule has 146 valence electrons. The maximum atomic E-state index is 13.4. The van der Waals surface area contributed by atoms with Gasteiger partial charge in [-0.1, -0.05) is 0 Å². The van der Waals surface area contributed by atoms with E-state index in [1.807, 2.05) is 0 Å². The van der Waals surface area contributed by atoms with Crippen LogP contribution in [0.2, 0.25) is 0 Å². The number of nitrogens with zero attached hydrogens (tertiary/aromatic N) is 4. The lowest BCUT2D eigenvalue weighted by Gasteiger charge is -2.34. The molecule has 1 aliphatic heterocycles. The van der Waals surface area contributed by atoms with Crippen LogP contribution in [0, 0.1) is 11.6 Å². The molecule has 2 aromatic rings. The Morgan fingerprint density at radius 3 is 2.33 bits per heavy atom. The van der Waals surface area contributed by atoms with E-state index in [4.69, 9.17) is 0 Å². The van der Waals surface area contributed by atoms with E-state index in [0.717, 1.165) is 12.1 Å². The van der Waals surface area contributed by atoms with Crippen molar-refractivity contribution in [3.8, 4) is 11.3 Å². The van der Waals surface area contributed by atoms with Gasteiger partial charge in [-0.05, 0) is 24.3 Å². The molecule has 0 saturated carbocycles. The van der Waals surface area contributed by atoms with Gasteiger partial charge in [-0.3, -0.25) is 14.4 Å². The molecule has 0 bridgehead atoms. The Kier molecular flexibility index (Phi) is 5.18. The molecule has 0 aliphatic carbocycles. The molecular weight excluding hydrogens is 371 g/mol. The van der Waals surface area contributed by atoms with E-state index < -0.39 is 24.4 Å². The third kappa shape index (κ3) is 4.44. The summed E-state index contributed by atoms with van der Waals surface area (Å²) in [4.78, 5) is 15.4. The lowest BCUT2D eigenvalue weighted by molar-refractivity contribution is -0.148. The summed E-state index contributed by atoms with van der Waals surface area (Å²) in [6.45, 7) is -0.416. The highest BCUT2D eigenvalue weighted by molar-refractivity contribution is 5.93. The lowest BCUT2D eigenvalue weighted by Crippen LogP contribution is -2.51. The number of alkyl halides is 3. The number of aryl methyl sites for hydroxylation is 1. The molecule has 2 heterocycles. The summed E-state index contributed by atoms with van der Waals surface area (Å²) in [5.74, 6) is -2.37. The Bertz CT molecular complexity index is 840. The second kappa shape index (κ2) is 7.26. The summed E-state index contributed by atoms with van der Waals surface area (Å²) in [6, 6.07) is 4.77. The van der Waals surface area contributed by atoms with Crippen LogP contribution in [0.4, 0.5) is 22.0 Å². The summed E-state index contributed by atoms with van der Waals surface area (Å²) in [5, 5.41) is 4.15. The van der Waals surface area contributed by atoms with E-state index in [1.54, 1.807) is 0 Å². The van der Waals surface area contributed by atoms with E-state index in [-0.39, 0.29) is 37.8 Å². The van der Waals surface area contributed by atoms with Gasteiger partial charge in [0.2, 0.25) is 0 Å². The first-order valence-electron chi connectivity index (χ1n) is 8.22. The molecule has 0 atom stereocenters. The first-order chi connectivity index (χ1) is 12.6. The molecule has 27 heavy (non-hydrogen) atoms. The van der Waals surface area contributed by atoms with Crippen molar-refractivity contribution >= 4 is 5.91 Å². The fraction of sp³-hybridized carbons (Fsp3) is 0.412. The molecule has 0 spiro atoms. The zero-order valence-corrected chi connectivity index (χ0v) is 14.4. The van der Waals surface area contributed by atoms with E-state index >= 15 is 0 Å². The number of hydrogen-bond acceptors (Lipinski definition) is 3. The molecule has 1 aliphatic rings. The Morgan fingerprint density at radius 1 is 1.07 bits per heavy atom. The van der Waals surface area contributed by atoms with E-state index in [0.29, 0.717) is 11.3 Å². The van der Waals surface area contributed by atoms with Crippen LogP contribution < -0.4 is 0 Å². The van der Waals surface area contributed by atoms with Gasteiger partial charge in [-0.2, -0.15) is 18.3 Å². The average Bonchev–Trinajstić information content (AvgIpc) is 2.98. The standard InChI is InChI=1S/C17H17F5N4O/c1-24-15(9-14(23-24)11-2-3-12(18)13(19)8-11)16(27)26-6-4-25(5-7-26)10-17(20,21)22/h2-3,8-9H,4-7,10H2,1H3. The molecule has 5 nitrogen and oxygen atoms in total. The molecular formula is C17H17F5N4O. The molecule has 0 radical (unpaired) electrons. The maximum absolute atomic E-state index is 13.4. The highest BCUT2D eigenvalue weighted by Crippen LogP contribution is 2.23. The lowest BCUT2D eigenvalue weighted by atomic mass is 10.1. The fourth-order valence-electron chi connectivity index (χ4n) is 2.99. The van der Waals surface area contributed by atoms with Crippen LogP contribution in [0.5, 0.6) is 0 Å². The fourth-order valence-corrected chi connectivity index (χ4v) is 2.99. The second-order valence-electron chi connectivity index (χ2n) is 6.35. The number of hydrogen-bond donors (Lipinski definition) is 0. The Morgan fingerprint density at radius 2 is 1.74 bits per heavy atom. The van der Waals surface area contributed by atoms with Crippen LogP contribution in [0.15, 0.2) is 24.3 Å². The van der Waals surface area contributed by atoms with Crippen LogP contribution in [0.25, 0.3) is 11.3 Å². The highest BCUT2D eigenvalue weighted by atomic mass is 19.4. The predicted molar refractivity (Wildman–Crippen MR) is 87.0 cm³/mol. The highest BCUT2D eigenvalue weighted by Gasteiger charge is 2.33. The van der Waals surface area contributed by atoms with Crippen molar-refractivity contribution in [2.45, 2.75) is 6.18 Å². The van der Waals surface area contributed by atoms with Gasteiger partial charge in [0.25, 0.3) is 5.91 Å². The van der Waals surface area contributed by atoms with Crippen molar-refractivity contribution in [2.24, 2.45) is 7.05 Å². The summed E-state index contributed by atoms with van der Waals surface area (Å²) >= 11 is 0. The van der Waals surface area contributed by atoms with Crippen LogP contribution >= 0.6 is 0 Å². The van der Waals surface area contributed by atoms with Crippen molar-refractivity contribution in [2.75, 3.05) is 32.7 Å². The largest absolute Gasteiger partial charge is 0.401 e. The molecule has 1 aromatic carbocycles. The number of carbonyl (C=O) groups excluding carboxylic acids is 1. The molecule has 0 unspecified atom stereocenters. The first-order valence-corrected chi connectivity index (χ1v) is 8.22. The van der Waals surface area contributed by atoms with Crippen molar-refractivity contribution in [1.29, 1.82) is 0 Å². The third-order valence-corrected chi connectivity index (χ3v) is 4.38. The first kappa shape index (κ1) is 19.3. The average molecular weight is 388 g/mol. The molecule has 10 heteroatoms. The Hall–Kier alpha value is -2.49. The third-order valence-electron chi connectivity index (χ3n) is 4.38. The van der Waals surface area contributed by atoms with Gasteiger partial charge >= 0.3 is 6.18 Å². The number of halogens is 5. The molecule has 1 fully saturated rings.